The first-order chi connectivity index (χ1) is 9.86. The van der Waals surface area contributed by atoms with Crippen molar-refractivity contribution >= 4 is 11.6 Å². The van der Waals surface area contributed by atoms with Gasteiger partial charge < -0.3 is 5.32 Å². The zero-order chi connectivity index (χ0) is 15.5. The highest BCUT2D eigenvalue weighted by Crippen LogP contribution is 2.30. The maximum atomic E-state index is 12.6. The summed E-state index contributed by atoms with van der Waals surface area (Å²) < 4.78 is 39.3. The number of nitrogens with zero attached hydrogens (tertiary/aromatic N) is 2. The van der Waals surface area contributed by atoms with Gasteiger partial charge in [-0.25, -0.2) is 0 Å². The minimum atomic E-state index is -4.43. The average molecular weight is 297 g/mol. The van der Waals surface area contributed by atoms with Crippen LogP contribution in [-0.4, -0.2) is 15.7 Å². The molecule has 0 aliphatic heterocycles. The van der Waals surface area contributed by atoms with Crippen molar-refractivity contribution in [1.29, 1.82) is 0 Å². The zero-order valence-electron chi connectivity index (χ0n) is 11.3. The van der Waals surface area contributed by atoms with Crippen LogP contribution in [0, 0.1) is 0 Å². The second-order valence-electron chi connectivity index (χ2n) is 4.67. The lowest BCUT2D eigenvalue weighted by molar-refractivity contribution is -0.137. The monoisotopic (exact) mass is 297 g/mol. The van der Waals surface area contributed by atoms with E-state index in [1.54, 1.807) is 30.1 Å². The molecule has 2 aromatic rings. The fraction of sp³-hybridized carbons (Fsp3) is 0.286. The van der Waals surface area contributed by atoms with Crippen molar-refractivity contribution in [3.63, 3.8) is 0 Å². The number of amides is 1. The molecular weight excluding hydrogens is 283 g/mol. The predicted molar refractivity (Wildman–Crippen MR) is 71.6 cm³/mol. The van der Waals surface area contributed by atoms with Crippen molar-refractivity contribution in [2.45, 2.75) is 25.6 Å². The lowest BCUT2D eigenvalue weighted by Gasteiger charge is -2.13. The van der Waals surface area contributed by atoms with Gasteiger partial charge in [0.05, 0.1) is 11.6 Å². The van der Waals surface area contributed by atoms with Crippen molar-refractivity contribution in [2.24, 2.45) is 0 Å². The van der Waals surface area contributed by atoms with Gasteiger partial charge in [0.2, 0.25) is 5.91 Å². The summed E-state index contributed by atoms with van der Waals surface area (Å²) >= 11 is 0. The van der Waals surface area contributed by atoms with E-state index in [2.05, 4.69) is 10.4 Å². The van der Waals surface area contributed by atoms with Crippen molar-refractivity contribution in [1.82, 2.24) is 9.78 Å². The first-order valence-corrected chi connectivity index (χ1v) is 6.32. The Kier molecular flexibility index (Phi) is 4.30. The number of anilines is 1. The summed E-state index contributed by atoms with van der Waals surface area (Å²) in [6, 6.07) is 6.12. The van der Waals surface area contributed by atoms with Crippen LogP contribution < -0.4 is 5.32 Å². The Morgan fingerprint density at radius 1 is 1.38 bits per heavy atom. The van der Waals surface area contributed by atoms with E-state index in [0.717, 1.165) is 12.1 Å². The Bertz CT molecular complexity index is 608. The number of alkyl halides is 3. The third kappa shape index (κ3) is 4.08. The van der Waals surface area contributed by atoms with E-state index in [9.17, 15) is 18.0 Å². The summed E-state index contributed by atoms with van der Waals surface area (Å²) in [6.07, 6.45) is -0.982. The van der Waals surface area contributed by atoms with Gasteiger partial charge in [-0.15, -0.1) is 0 Å². The van der Waals surface area contributed by atoms with Crippen LogP contribution in [0.15, 0.2) is 42.7 Å². The standard InChI is InChI=1S/C14H14F3N3O/c1-10(20-7-3-6-18-20)8-13(21)19-12-5-2-4-11(9-12)14(15,16)17/h2-7,9-10H,8H2,1H3,(H,19,21)/t10-/m1/s1. The van der Waals surface area contributed by atoms with Crippen LogP contribution >= 0.6 is 0 Å². The Balaban J connectivity index is 2.00. The number of aromatic nitrogens is 2. The normalized spacial score (nSPS) is 13.0. The molecule has 0 unspecified atom stereocenters. The molecule has 1 N–H and O–H groups in total. The summed E-state index contributed by atoms with van der Waals surface area (Å²) in [4.78, 5) is 11.8. The van der Waals surface area contributed by atoms with E-state index in [1.165, 1.54) is 12.1 Å². The molecule has 0 radical (unpaired) electrons. The second-order valence-corrected chi connectivity index (χ2v) is 4.67. The predicted octanol–water partition coefficient (Wildman–Crippen LogP) is 3.49. The van der Waals surface area contributed by atoms with Gasteiger partial charge >= 0.3 is 6.18 Å². The molecule has 1 amide bonds. The average Bonchev–Trinajstić information content (AvgIpc) is 2.91. The van der Waals surface area contributed by atoms with E-state index in [0.29, 0.717) is 0 Å². The molecule has 1 aromatic carbocycles. The molecule has 0 fully saturated rings. The molecule has 1 atom stereocenters. The molecule has 0 spiro atoms. The topological polar surface area (TPSA) is 46.9 Å². The number of nitrogens with one attached hydrogen (secondary N) is 1. The molecule has 1 heterocycles. The largest absolute Gasteiger partial charge is 0.416 e. The fourth-order valence-electron chi connectivity index (χ4n) is 1.89. The van der Waals surface area contributed by atoms with Crippen LogP contribution in [0.25, 0.3) is 0 Å². The van der Waals surface area contributed by atoms with Crippen molar-refractivity contribution in [3.05, 3.63) is 48.3 Å². The molecule has 112 valence electrons. The van der Waals surface area contributed by atoms with Gasteiger partial charge in [-0.2, -0.15) is 18.3 Å². The van der Waals surface area contributed by atoms with Gasteiger partial charge in [-0.1, -0.05) is 6.07 Å². The SMILES string of the molecule is C[C@H](CC(=O)Nc1cccc(C(F)(F)F)c1)n1cccn1. The Labute approximate surface area is 119 Å². The van der Waals surface area contributed by atoms with E-state index < -0.39 is 11.7 Å². The number of hydrogen-bond acceptors (Lipinski definition) is 2. The lowest BCUT2D eigenvalue weighted by atomic mass is 10.2. The minimum absolute atomic E-state index is 0.123. The zero-order valence-corrected chi connectivity index (χ0v) is 11.3. The van der Waals surface area contributed by atoms with Crippen LogP contribution in [0.5, 0.6) is 0 Å². The van der Waals surface area contributed by atoms with Gasteiger partial charge in [-0.05, 0) is 31.2 Å². The highest BCUT2D eigenvalue weighted by molar-refractivity contribution is 5.91. The molecular formula is C14H14F3N3O. The van der Waals surface area contributed by atoms with E-state index in [4.69, 9.17) is 0 Å². The molecule has 0 bridgehead atoms. The molecule has 1 aromatic heterocycles. The summed E-state index contributed by atoms with van der Waals surface area (Å²) in [7, 11) is 0. The maximum absolute atomic E-state index is 12.6. The van der Waals surface area contributed by atoms with Crippen LogP contribution in [0.2, 0.25) is 0 Å². The fourth-order valence-corrected chi connectivity index (χ4v) is 1.89. The van der Waals surface area contributed by atoms with Gasteiger partial charge in [0.1, 0.15) is 0 Å². The summed E-state index contributed by atoms with van der Waals surface area (Å²) in [5, 5.41) is 6.48. The molecule has 4 nitrogen and oxygen atoms in total. The van der Waals surface area contributed by atoms with Gasteiger partial charge in [0.25, 0.3) is 0 Å². The van der Waals surface area contributed by atoms with E-state index >= 15 is 0 Å². The van der Waals surface area contributed by atoms with E-state index in [1.807, 2.05) is 0 Å². The van der Waals surface area contributed by atoms with Crippen molar-refractivity contribution < 1.29 is 18.0 Å². The molecule has 0 saturated heterocycles. The Morgan fingerprint density at radius 2 is 2.14 bits per heavy atom. The quantitative estimate of drug-likeness (QED) is 0.939. The van der Waals surface area contributed by atoms with Gasteiger partial charge in [0, 0.05) is 24.5 Å². The van der Waals surface area contributed by atoms with Crippen LogP contribution in [0.1, 0.15) is 24.9 Å². The first-order valence-electron chi connectivity index (χ1n) is 6.32. The number of rotatable bonds is 4. The van der Waals surface area contributed by atoms with Crippen LogP contribution in [0.3, 0.4) is 0 Å². The summed E-state index contributed by atoms with van der Waals surface area (Å²) in [5.41, 5.74) is -0.664. The van der Waals surface area contributed by atoms with Crippen LogP contribution in [-0.2, 0) is 11.0 Å². The summed E-state index contributed by atoms with van der Waals surface area (Å²) in [6.45, 7) is 1.80. The third-order valence-corrected chi connectivity index (χ3v) is 2.93. The van der Waals surface area contributed by atoms with Crippen molar-refractivity contribution in [3.8, 4) is 0 Å². The molecule has 0 saturated carbocycles. The minimum Gasteiger partial charge on any atom is -0.326 e. The van der Waals surface area contributed by atoms with Gasteiger partial charge in [-0.3, -0.25) is 9.48 Å². The third-order valence-electron chi connectivity index (χ3n) is 2.93. The van der Waals surface area contributed by atoms with E-state index in [-0.39, 0.29) is 24.1 Å². The smallest absolute Gasteiger partial charge is 0.326 e. The molecule has 0 aliphatic carbocycles. The molecule has 0 aliphatic rings. The number of halogens is 3. The lowest BCUT2D eigenvalue weighted by Crippen LogP contribution is -2.18. The number of benzene rings is 1. The summed E-state index contributed by atoms with van der Waals surface area (Å²) in [5.74, 6) is -0.364. The van der Waals surface area contributed by atoms with Crippen molar-refractivity contribution in [2.75, 3.05) is 5.32 Å². The Hall–Kier alpha value is -2.31. The molecule has 2 rings (SSSR count). The highest BCUT2D eigenvalue weighted by Gasteiger charge is 2.30. The number of carbonyl (C=O) groups is 1. The molecule has 21 heavy (non-hydrogen) atoms. The highest BCUT2D eigenvalue weighted by atomic mass is 19.4. The maximum Gasteiger partial charge on any atom is 0.416 e. The first kappa shape index (κ1) is 15.1. The number of hydrogen-bond donors (Lipinski definition) is 1. The molecule has 7 heteroatoms. The van der Waals surface area contributed by atoms with Crippen LogP contribution in [0.4, 0.5) is 18.9 Å². The number of carbonyl (C=O) groups excluding carboxylic acids is 1. The van der Waals surface area contributed by atoms with Gasteiger partial charge in [0.15, 0.2) is 0 Å². The second kappa shape index (κ2) is 5.99. The Morgan fingerprint density at radius 3 is 2.76 bits per heavy atom.